The van der Waals surface area contributed by atoms with Crippen molar-refractivity contribution in [3.8, 4) is 0 Å². The number of hydrogen-bond donors (Lipinski definition) is 1. The van der Waals surface area contributed by atoms with Crippen LogP contribution in [0.25, 0.3) is 0 Å². The molecule has 0 saturated heterocycles. The van der Waals surface area contributed by atoms with Crippen molar-refractivity contribution >= 4 is 17.5 Å². The SMILES string of the molecule is CCC(F)(F)c1ncc(C(N)=O)cc1Cl. The van der Waals surface area contributed by atoms with E-state index in [2.05, 4.69) is 4.98 Å². The molecule has 3 nitrogen and oxygen atoms in total. The Hall–Kier alpha value is -1.23. The van der Waals surface area contributed by atoms with E-state index in [0.29, 0.717) is 0 Å². The van der Waals surface area contributed by atoms with Gasteiger partial charge in [-0.3, -0.25) is 9.78 Å². The van der Waals surface area contributed by atoms with E-state index in [9.17, 15) is 13.6 Å². The Morgan fingerprint density at radius 3 is 2.67 bits per heavy atom. The maximum atomic E-state index is 13.2. The molecule has 15 heavy (non-hydrogen) atoms. The van der Waals surface area contributed by atoms with E-state index in [4.69, 9.17) is 17.3 Å². The van der Waals surface area contributed by atoms with Crippen molar-refractivity contribution in [1.29, 1.82) is 0 Å². The van der Waals surface area contributed by atoms with Crippen LogP contribution in [0, 0.1) is 0 Å². The number of nitrogens with zero attached hydrogens (tertiary/aromatic N) is 1. The molecule has 0 saturated carbocycles. The normalized spacial score (nSPS) is 11.5. The summed E-state index contributed by atoms with van der Waals surface area (Å²) in [6.07, 6.45) is 0.586. The first-order chi connectivity index (χ1) is 6.88. The first-order valence-electron chi connectivity index (χ1n) is 4.22. The molecule has 0 fully saturated rings. The summed E-state index contributed by atoms with van der Waals surface area (Å²) in [4.78, 5) is 14.2. The first-order valence-corrected chi connectivity index (χ1v) is 4.60. The Morgan fingerprint density at radius 1 is 1.67 bits per heavy atom. The molecule has 0 aliphatic heterocycles. The third-order valence-corrected chi connectivity index (χ3v) is 2.20. The van der Waals surface area contributed by atoms with Crippen molar-refractivity contribution in [3.05, 3.63) is 28.5 Å². The molecule has 0 unspecified atom stereocenters. The number of halogens is 3. The zero-order valence-electron chi connectivity index (χ0n) is 7.93. The van der Waals surface area contributed by atoms with Gasteiger partial charge in [-0.25, -0.2) is 0 Å². The van der Waals surface area contributed by atoms with Gasteiger partial charge in [-0.05, 0) is 6.07 Å². The van der Waals surface area contributed by atoms with Gasteiger partial charge in [0, 0.05) is 12.6 Å². The maximum absolute atomic E-state index is 13.2. The van der Waals surface area contributed by atoms with Crippen LogP contribution in [0.15, 0.2) is 12.3 Å². The highest BCUT2D eigenvalue weighted by atomic mass is 35.5. The molecule has 1 heterocycles. The molecular weight excluding hydrogens is 226 g/mol. The van der Waals surface area contributed by atoms with Gasteiger partial charge in [0.05, 0.1) is 10.6 Å². The number of amides is 1. The Morgan fingerprint density at radius 2 is 2.27 bits per heavy atom. The smallest absolute Gasteiger partial charge is 0.290 e. The van der Waals surface area contributed by atoms with Crippen LogP contribution in [0.4, 0.5) is 8.78 Å². The molecule has 0 spiro atoms. The number of nitrogens with two attached hydrogens (primary N) is 1. The van der Waals surface area contributed by atoms with Crippen LogP contribution in [0.2, 0.25) is 5.02 Å². The Labute approximate surface area is 90.2 Å². The highest BCUT2D eigenvalue weighted by molar-refractivity contribution is 6.31. The van der Waals surface area contributed by atoms with Gasteiger partial charge in [0.2, 0.25) is 5.91 Å². The van der Waals surface area contributed by atoms with Gasteiger partial charge in [0.25, 0.3) is 5.92 Å². The number of carbonyl (C=O) groups is 1. The summed E-state index contributed by atoms with van der Waals surface area (Å²) >= 11 is 5.59. The van der Waals surface area contributed by atoms with Crippen molar-refractivity contribution in [2.75, 3.05) is 0 Å². The van der Waals surface area contributed by atoms with Crippen molar-refractivity contribution in [1.82, 2.24) is 4.98 Å². The predicted molar refractivity (Wildman–Crippen MR) is 51.9 cm³/mol. The van der Waals surface area contributed by atoms with Gasteiger partial charge < -0.3 is 5.73 Å². The quantitative estimate of drug-likeness (QED) is 0.873. The van der Waals surface area contributed by atoms with E-state index in [1.807, 2.05) is 0 Å². The second kappa shape index (κ2) is 4.10. The molecular formula is C9H9ClF2N2O. The van der Waals surface area contributed by atoms with Crippen LogP contribution in [0.5, 0.6) is 0 Å². The van der Waals surface area contributed by atoms with Crippen molar-refractivity contribution in [2.45, 2.75) is 19.3 Å². The van der Waals surface area contributed by atoms with Gasteiger partial charge in [-0.2, -0.15) is 8.78 Å². The zero-order valence-corrected chi connectivity index (χ0v) is 8.68. The van der Waals surface area contributed by atoms with E-state index in [-0.39, 0.29) is 10.6 Å². The topological polar surface area (TPSA) is 56.0 Å². The lowest BCUT2D eigenvalue weighted by atomic mass is 10.1. The van der Waals surface area contributed by atoms with Gasteiger partial charge in [0.15, 0.2) is 0 Å². The lowest BCUT2D eigenvalue weighted by Crippen LogP contribution is -2.17. The minimum Gasteiger partial charge on any atom is -0.366 e. The lowest BCUT2D eigenvalue weighted by molar-refractivity contribution is -0.0127. The standard InChI is InChI=1S/C9H9ClF2N2O/c1-2-9(11,12)7-6(10)3-5(4-14-7)8(13)15/h3-4H,2H2,1H3,(H2,13,15). The Bertz CT molecular complexity index is 396. The summed E-state index contributed by atoms with van der Waals surface area (Å²) in [6.45, 7) is 1.32. The fourth-order valence-electron chi connectivity index (χ4n) is 1.01. The second-order valence-corrected chi connectivity index (χ2v) is 3.38. The van der Waals surface area contributed by atoms with Crippen LogP contribution in [-0.2, 0) is 5.92 Å². The first kappa shape index (κ1) is 11.8. The van der Waals surface area contributed by atoms with E-state index in [0.717, 1.165) is 12.3 Å². The number of pyridine rings is 1. The molecule has 2 N–H and O–H groups in total. The number of alkyl halides is 2. The van der Waals surface area contributed by atoms with Gasteiger partial charge >= 0.3 is 0 Å². The number of carbonyl (C=O) groups excluding carboxylic acids is 1. The summed E-state index contributed by atoms with van der Waals surface area (Å²) in [5, 5.41) is -0.252. The summed E-state index contributed by atoms with van der Waals surface area (Å²) in [7, 11) is 0. The third-order valence-electron chi connectivity index (χ3n) is 1.92. The Kier molecular flexibility index (Phi) is 3.24. The largest absolute Gasteiger partial charge is 0.366 e. The highest BCUT2D eigenvalue weighted by Gasteiger charge is 2.33. The molecule has 1 aromatic rings. The molecule has 82 valence electrons. The summed E-state index contributed by atoms with van der Waals surface area (Å²) in [5.41, 5.74) is 4.43. The van der Waals surface area contributed by atoms with E-state index < -0.39 is 23.9 Å². The summed E-state index contributed by atoms with van der Waals surface area (Å²) in [6, 6.07) is 1.09. The monoisotopic (exact) mass is 234 g/mol. The van der Waals surface area contributed by atoms with Crippen LogP contribution in [0.1, 0.15) is 29.4 Å². The van der Waals surface area contributed by atoms with Gasteiger partial charge in [-0.1, -0.05) is 18.5 Å². The maximum Gasteiger partial charge on any atom is 0.290 e. The second-order valence-electron chi connectivity index (χ2n) is 2.98. The van der Waals surface area contributed by atoms with E-state index >= 15 is 0 Å². The lowest BCUT2D eigenvalue weighted by Gasteiger charge is -2.14. The number of hydrogen-bond acceptors (Lipinski definition) is 2. The minimum atomic E-state index is -3.09. The minimum absolute atomic E-state index is 0.00986. The molecule has 1 amide bonds. The predicted octanol–water partition coefficient (Wildman–Crippen LogP) is 2.34. The molecule has 0 aliphatic rings. The fraction of sp³-hybridized carbons (Fsp3) is 0.333. The zero-order chi connectivity index (χ0) is 11.6. The van der Waals surface area contributed by atoms with Gasteiger partial charge in [-0.15, -0.1) is 0 Å². The third kappa shape index (κ3) is 2.41. The van der Waals surface area contributed by atoms with E-state index in [1.165, 1.54) is 6.92 Å². The molecule has 0 atom stereocenters. The van der Waals surface area contributed by atoms with Crippen molar-refractivity contribution in [3.63, 3.8) is 0 Å². The van der Waals surface area contributed by atoms with Crippen LogP contribution in [-0.4, -0.2) is 10.9 Å². The number of aromatic nitrogens is 1. The Balaban J connectivity index is 3.19. The number of primary amides is 1. The number of rotatable bonds is 3. The van der Waals surface area contributed by atoms with Crippen LogP contribution >= 0.6 is 11.6 Å². The molecule has 1 aromatic heterocycles. The molecule has 0 radical (unpaired) electrons. The average Bonchev–Trinajstić information content (AvgIpc) is 2.17. The molecule has 0 aliphatic carbocycles. The summed E-state index contributed by atoms with van der Waals surface area (Å²) < 4.78 is 26.4. The molecule has 6 heteroatoms. The van der Waals surface area contributed by atoms with Gasteiger partial charge in [0.1, 0.15) is 5.69 Å². The fourth-order valence-corrected chi connectivity index (χ4v) is 1.31. The van der Waals surface area contributed by atoms with Crippen molar-refractivity contribution in [2.24, 2.45) is 5.73 Å². The van der Waals surface area contributed by atoms with Crippen molar-refractivity contribution < 1.29 is 13.6 Å². The van der Waals surface area contributed by atoms with Crippen LogP contribution < -0.4 is 5.73 Å². The molecule has 0 aromatic carbocycles. The molecule has 1 rings (SSSR count). The average molecular weight is 235 g/mol. The molecule has 0 bridgehead atoms. The highest BCUT2D eigenvalue weighted by Crippen LogP contribution is 2.34. The van der Waals surface area contributed by atoms with Crippen LogP contribution in [0.3, 0.4) is 0 Å². The van der Waals surface area contributed by atoms with E-state index in [1.54, 1.807) is 0 Å². The summed E-state index contributed by atoms with van der Waals surface area (Å²) in [5.74, 6) is -3.84.